The van der Waals surface area contributed by atoms with E-state index >= 15 is 0 Å². The van der Waals surface area contributed by atoms with Crippen molar-refractivity contribution in [2.45, 2.75) is 11.7 Å². The monoisotopic (exact) mass is 395 g/mol. The van der Waals surface area contributed by atoms with E-state index in [-0.39, 0.29) is 18.2 Å². The van der Waals surface area contributed by atoms with E-state index in [1.807, 2.05) is 42.5 Å². The van der Waals surface area contributed by atoms with Crippen LogP contribution in [0.3, 0.4) is 0 Å². The number of ether oxygens (including phenoxy) is 1. The van der Waals surface area contributed by atoms with Crippen molar-refractivity contribution in [3.05, 3.63) is 67.3 Å². The van der Waals surface area contributed by atoms with Crippen LogP contribution in [0.1, 0.15) is 6.42 Å². The first-order valence-corrected chi connectivity index (χ1v) is 9.66. The van der Waals surface area contributed by atoms with E-state index in [1.165, 1.54) is 11.8 Å². The minimum Gasteiger partial charge on any atom is -0.495 e. The van der Waals surface area contributed by atoms with E-state index < -0.39 is 5.25 Å². The first-order valence-electron chi connectivity index (χ1n) is 8.78. The standard InChI is InChI=1S/C21H21N3O3S/c1-3-13-24-20(26)18(28-21(24)22-15-9-5-4-6-10-15)14-19(25)23-16-11-7-8-12-17(16)27-2/h3-12,18H,1,13-14H2,2H3,(H,23,25). The summed E-state index contributed by atoms with van der Waals surface area (Å²) in [6.07, 6.45) is 1.69. The average Bonchev–Trinajstić information content (AvgIpc) is 2.98. The average molecular weight is 395 g/mol. The van der Waals surface area contributed by atoms with Gasteiger partial charge in [0.2, 0.25) is 11.8 Å². The van der Waals surface area contributed by atoms with Crippen molar-refractivity contribution in [1.29, 1.82) is 0 Å². The Bertz CT molecular complexity index is 899. The van der Waals surface area contributed by atoms with Gasteiger partial charge < -0.3 is 10.1 Å². The molecule has 7 heteroatoms. The molecule has 6 nitrogen and oxygen atoms in total. The van der Waals surface area contributed by atoms with Gasteiger partial charge in [-0.2, -0.15) is 0 Å². The highest BCUT2D eigenvalue weighted by Crippen LogP contribution is 2.32. The first-order chi connectivity index (χ1) is 13.6. The second kappa shape index (κ2) is 9.23. The number of hydrogen-bond donors (Lipinski definition) is 1. The summed E-state index contributed by atoms with van der Waals surface area (Å²) in [5, 5.41) is 2.86. The number of aliphatic imine (C=N–C) groups is 1. The Balaban J connectivity index is 1.73. The van der Waals surface area contributed by atoms with Gasteiger partial charge in [0.1, 0.15) is 11.0 Å². The van der Waals surface area contributed by atoms with E-state index in [9.17, 15) is 9.59 Å². The Kier molecular flexibility index (Phi) is 6.49. The first kappa shape index (κ1) is 19.7. The van der Waals surface area contributed by atoms with Crippen LogP contribution in [0, 0.1) is 0 Å². The zero-order chi connectivity index (χ0) is 19.9. The summed E-state index contributed by atoms with van der Waals surface area (Å²) in [5.41, 5.74) is 1.33. The summed E-state index contributed by atoms with van der Waals surface area (Å²) in [6.45, 7) is 4.06. The SMILES string of the molecule is C=CCN1C(=O)C(CC(=O)Nc2ccccc2OC)SC1=Nc1ccccc1. The molecule has 1 saturated heterocycles. The van der Waals surface area contributed by atoms with Gasteiger partial charge in [-0.3, -0.25) is 14.5 Å². The molecule has 1 unspecified atom stereocenters. The lowest BCUT2D eigenvalue weighted by Crippen LogP contribution is -2.33. The lowest BCUT2D eigenvalue weighted by atomic mass is 10.2. The molecule has 1 N–H and O–H groups in total. The Morgan fingerprint density at radius 2 is 1.96 bits per heavy atom. The van der Waals surface area contributed by atoms with Gasteiger partial charge in [0, 0.05) is 13.0 Å². The van der Waals surface area contributed by atoms with Gasteiger partial charge >= 0.3 is 0 Å². The molecule has 0 bridgehead atoms. The third kappa shape index (κ3) is 4.61. The number of thioether (sulfide) groups is 1. The van der Waals surface area contributed by atoms with Crippen LogP contribution in [-0.4, -0.2) is 40.8 Å². The highest BCUT2D eigenvalue weighted by Gasteiger charge is 2.38. The van der Waals surface area contributed by atoms with E-state index in [2.05, 4.69) is 16.9 Å². The van der Waals surface area contributed by atoms with Gasteiger partial charge in [0.05, 0.1) is 18.5 Å². The van der Waals surface area contributed by atoms with E-state index in [1.54, 1.807) is 30.2 Å². The molecule has 0 radical (unpaired) electrons. The number of benzene rings is 2. The number of amides is 2. The van der Waals surface area contributed by atoms with Crippen LogP contribution in [0.15, 0.2) is 72.2 Å². The van der Waals surface area contributed by atoms with Crippen molar-refractivity contribution in [2.24, 2.45) is 4.99 Å². The van der Waals surface area contributed by atoms with Crippen molar-refractivity contribution in [3.8, 4) is 5.75 Å². The molecule has 1 atom stereocenters. The number of carbonyl (C=O) groups is 2. The predicted octanol–water partition coefficient (Wildman–Crippen LogP) is 3.84. The topological polar surface area (TPSA) is 71.0 Å². The normalized spacial score (nSPS) is 17.6. The summed E-state index contributed by atoms with van der Waals surface area (Å²) >= 11 is 1.30. The number of methoxy groups -OCH3 is 1. The predicted molar refractivity (Wildman–Crippen MR) is 113 cm³/mol. The van der Waals surface area contributed by atoms with Gasteiger partial charge in [-0.25, -0.2) is 4.99 Å². The van der Waals surface area contributed by atoms with Gasteiger partial charge in [-0.1, -0.05) is 48.2 Å². The molecule has 28 heavy (non-hydrogen) atoms. The number of amidine groups is 1. The Morgan fingerprint density at radius 1 is 1.25 bits per heavy atom. The van der Waals surface area contributed by atoms with Crippen LogP contribution in [-0.2, 0) is 9.59 Å². The Labute approximate surface area is 168 Å². The largest absolute Gasteiger partial charge is 0.495 e. The van der Waals surface area contributed by atoms with Gasteiger partial charge in [0.25, 0.3) is 0 Å². The molecule has 0 spiro atoms. The van der Waals surface area contributed by atoms with Crippen LogP contribution in [0.5, 0.6) is 5.75 Å². The summed E-state index contributed by atoms with van der Waals surface area (Å²) < 4.78 is 5.24. The number of carbonyl (C=O) groups excluding carboxylic acids is 2. The molecule has 3 rings (SSSR count). The minimum atomic E-state index is -0.530. The van der Waals surface area contributed by atoms with Crippen molar-refractivity contribution in [1.82, 2.24) is 4.90 Å². The van der Waals surface area contributed by atoms with E-state index in [0.29, 0.717) is 23.1 Å². The number of anilines is 1. The second-order valence-corrected chi connectivity index (χ2v) is 7.20. The van der Waals surface area contributed by atoms with Crippen molar-refractivity contribution in [2.75, 3.05) is 19.0 Å². The van der Waals surface area contributed by atoms with Crippen LogP contribution >= 0.6 is 11.8 Å². The van der Waals surface area contributed by atoms with Gasteiger partial charge in [-0.05, 0) is 24.3 Å². The summed E-state index contributed by atoms with van der Waals surface area (Å²) in [6, 6.07) is 16.6. The van der Waals surface area contributed by atoms with Crippen molar-refractivity contribution >= 4 is 40.1 Å². The van der Waals surface area contributed by atoms with Crippen LogP contribution < -0.4 is 10.1 Å². The molecule has 144 valence electrons. The quantitative estimate of drug-likeness (QED) is 0.723. The van der Waals surface area contributed by atoms with Gasteiger partial charge in [-0.15, -0.1) is 6.58 Å². The maximum absolute atomic E-state index is 12.8. The summed E-state index contributed by atoms with van der Waals surface area (Å²) in [4.78, 5) is 31.4. The molecule has 1 aliphatic heterocycles. The fourth-order valence-corrected chi connectivity index (χ4v) is 3.92. The van der Waals surface area contributed by atoms with Crippen molar-refractivity contribution < 1.29 is 14.3 Å². The fourth-order valence-electron chi connectivity index (χ4n) is 2.75. The smallest absolute Gasteiger partial charge is 0.242 e. The second-order valence-electron chi connectivity index (χ2n) is 6.03. The van der Waals surface area contributed by atoms with E-state index in [4.69, 9.17) is 4.74 Å². The molecule has 0 saturated carbocycles. The fraction of sp³-hybridized carbons (Fsp3) is 0.190. The lowest BCUT2D eigenvalue weighted by Gasteiger charge is -2.14. The van der Waals surface area contributed by atoms with Crippen molar-refractivity contribution in [3.63, 3.8) is 0 Å². The maximum Gasteiger partial charge on any atom is 0.242 e. The molecule has 1 fully saturated rings. The number of rotatable bonds is 7. The lowest BCUT2D eigenvalue weighted by molar-refractivity contribution is -0.127. The molecule has 0 aromatic heterocycles. The van der Waals surface area contributed by atoms with Crippen LogP contribution in [0.4, 0.5) is 11.4 Å². The number of nitrogens with one attached hydrogen (secondary N) is 1. The maximum atomic E-state index is 12.8. The molecule has 1 aliphatic rings. The molecular weight excluding hydrogens is 374 g/mol. The van der Waals surface area contributed by atoms with Gasteiger partial charge in [0.15, 0.2) is 5.17 Å². The Morgan fingerprint density at radius 3 is 2.68 bits per heavy atom. The highest BCUT2D eigenvalue weighted by molar-refractivity contribution is 8.15. The zero-order valence-corrected chi connectivity index (χ0v) is 16.3. The summed E-state index contributed by atoms with van der Waals surface area (Å²) in [7, 11) is 1.54. The molecule has 2 aromatic rings. The molecular formula is C21H21N3O3S. The minimum absolute atomic E-state index is 0.0446. The third-order valence-electron chi connectivity index (χ3n) is 4.06. The molecule has 1 heterocycles. The molecule has 2 aromatic carbocycles. The van der Waals surface area contributed by atoms with E-state index in [0.717, 1.165) is 5.69 Å². The molecule has 0 aliphatic carbocycles. The molecule has 2 amide bonds. The van der Waals surface area contributed by atoms with Crippen LogP contribution in [0.25, 0.3) is 0 Å². The number of para-hydroxylation sites is 3. The third-order valence-corrected chi connectivity index (χ3v) is 5.24. The zero-order valence-electron chi connectivity index (χ0n) is 15.5. The Hall–Kier alpha value is -3.06. The number of hydrogen-bond acceptors (Lipinski definition) is 5. The number of nitrogens with zero attached hydrogens (tertiary/aromatic N) is 2. The summed E-state index contributed by atoms with van der Waals surface area (Å²) in [5.74, 6) is 0.172. The highest BCUT2D eigenvalue weighted by atomic mass is 32.2. The van der Waals surface area contributed by atoms with Crippen LogP contribution in [0.2, 0.25) is 0 Å².